The first-order chi connectivity index (χ1) is 11.2. The molecule has 0 unspecified atom stereocenters. The molecule has 0 fully saturated rings. The number of pyridine rings is 1. The van der Waals surface area contributed by atoms with E-state index in [4.69, 9.17) is 0 Å². The highest BCUT2D eigenvalue weighted by atomic mass is 19.1. The quantitative estimate of drug-likeness (QED) is 0.712. The predicted octanol–water partition coefficient (Wildman–Crippen LogP) is 2.78. The number of carbonyl (C=O) groups excluding carboxylic acids is 1. The first-order valence-electron chi connectivity index (χ1n) is 7.28. The Kier molecular flexibility index (Phi) is 4.46. The van der Waals surface area contributed by atoms with Crippen LogP contribution in [0.3, 0.4) is 0 Å². The van der Waals surface area contributed by atoms with E-state index in [-0.39, 0.29) is 5.69 Å². The second-order valence-corrected chi connectivity index (χ2v) is 5.02. The van der Waals surface area contributed by atoms with Gasteiger partial charge in [-0.25, -0.2) is 14.2 Å². The Morgan fingerprint density at radius 2 is 2.13 bits per heavy atom. The number of aromatic nitrogens is 3. The number of benzene rings is 1. The van der Waals surface area contributed by atoms with E-state index in [1.54, 1.807) is 6.33 Å². The number of nitrogens with zero attached hydrogens (tertiary/aromatic N) is 3. The zero-order valence-electron chi connectivity index (χ0n) is 12.4. The number of rotatable bonds is 5. The van der Waals surface area contributed by atoms with Gasteiger partial charge in [-0.2, -0.15) is 0 Å². The van der Waals surface area contributed by atoms with Gasteiger partial charge in [0.05, 0.1) is 29.2 Å². The standard InChI is InChI=1S/C16H16FN5O/c17-12-10-18-8-6-13(12)21-16(23)19-7-3-9-22-11-20-14-4-1-2-5-15(14)22/h1-2,4-6,8,10-11H,3,7,9H2,(H2,18,19,21,23). The van der Waals surface area contributed by atoms with Crippen LogP contribution in [-0.4, -0.2) is 27.1 Å². The highest BCUT2D eigenvalue weighted by Gasteiger charge is 2.06. The molecule has 2 N–H and O–H groups in total. The van der Waals surface area contributed by atoms with Gasteiger partial charge < -0.3 is 15.2 Å². The largest absolute Gasteiger partial charge is 0.338 e. The van der Waals surface area contributed by atoms with E-state index in [1.165, 1.54) is 12.3 Å². The second-order valence-electron chi connectivity index (χ2n) is 5.02. The Morgan fingerprint density at radius 3 is 3.00 bits per heavy atom. The third-order valence-corrected chi connectivity index (χ3v) is 3.41. The Morgan fingerprint density at radius 1 is 1.26 bits per heavy atom. The number of para-hydroxylation sites is 2. The van der Waals surface area contributed by atoms with E-state index >= 15 is 0 Å². The summed E-state index contributed by atoms with van der Waals surface area (Å²) in [6, 6.07) is 8.85. The summed E-state index contributed by atoms with van der Waals surface area (Å²) in [4.78, 5) is 19.6. The molecular formula is C16H16FN5O. The van der Waals surface area contributed by atoms with E-state index in [2.05, 4.69) is 20.6 Å². The molecule has 2 aromatic heterocycles. The molecule has 0 spiro atoms. The summed E-state index contributed by atoms with van der Waals surface area (Å²) < 4.78 is 15.4. The fourth-order valence-electron chi connectivity index (χ4n) is 2.28. The first-order valence-corrected chi connectivity index (χ1v) is 7.28. The fraction of sp³-hybridized carbons (Fsp3) is 0.188. The smallest absolute Gasteiger partial charge is 0.319 e. The number of urea groups is 1. The Hall–Kier alpha value is -2.96. The van der Waals surface area contributed by atoms with Crippen LogP contribution < -0.4 is 10.6 Å². The van der Waals surface area contributed by atoms with Crippen LogP contribution in [0.4, 0.5) is 14.9 Å². The predicted molar refractivity (Wildman–Crippen MR) is 85.6 cm³/mol. The van der Waals surface area contributed by atoms with Gasteiger partial charge in [-0.3, -0.25) is 4.98 Å². The fourth-order valence-corrected chi connectivity index (χ4v) is 2.28. The van der Waals surface area contributed by atoms with Gasteiger partial charge in [-0.15, -0.1) is 0 Å². The van der Waals surface area contributed by atoms with Crippen LogP contribution in [-0.2, 0) is 6.54 Å². The average Bonchev–Trinajstić information content (AvgIpc) is 2.97. The van der Waals surface area contributed by atoms with E-state index in [9.17, 15) is 9.18 Å². The van der Waals surface area contributed by atoms with Crippen LogP contribution >= 0.6 is 0 Å². The summed E-state index contributed by atoms with van der Waals surface area (Å²) in [5, 5.41) is 5.15. The zero-order chi connectivity index (χ0) is 16.1. The van der Waals surface area contributed by atoms with Crippen molar-refractivity contribution in [1.29, 1.82) is 0 Å². The van der Waals surface area contributed by atoms with Crippen molar-refractivity contribution in [3.05, 3.63) is 54.9 Å². The topological polar surface area (TPSA) is 71.8 Å². The van der Waals surface area contributed by atoms with Gasteiger partial charge in [0.15, 0.2) is 5.82 Å². The number of amides is 2. The Bertz CT molecular complexity index is 817. The lowest BCUT2D eigenvalue weighted by molar-refractivity contribution is 0.251. The molecule has 2 amide bonds. The van der Waals surface area contributed by atoms with Crippen LogP contribution in [0, 0.1) is 5.82 Å². The van der Waals surface area contributed by atoms with Crippen molar-refractivity contribution in [1.82, 2.24) is 19.9 Å². The Balaban J connectivity index is 1.46. The van der Waals surface area contributed by atoms with Gasteiger partial charge >= 0.3 is 6.03 Å². The van der Waals surface area contributed by atoms with Crippen molar-refractivity contribution in [2.45, 2.75) is 13.0 Å². The molecule has 2 heterocycles. The lowest BCUT2D eigenvalue weighted by Crippen LogP contribution is -2.30. The summed E-state index contributed by atoms with van der Waals surface area (Å²) in [7, 11) is 0. The van der Waals surface area contributed by atoms with E-state index in [0.29, 0.717) is 6.54 Å². The SMILES string of the molecule is O=C(NCCCn1cnc2ccccc21)Nc1ccncc1F. The number of halogens is 1. The number of hydrogen-bond donors (Lipinski definition) is 2. The molecular weight excluding hydrogens is 297 g/mol. The van der Waals surface area contributed by atoms with Crippen molar-refractivity contribution in [2.24, 2.45) is 0 Å². The van der Waals surface area contributed by atoms with Gasteiger partial charge in [-0.1, -0.05) is 12.1 Å². The van der Waals surface area contributed by atoms with E-state index < -0.39 is 11.8 Å². The number of hydrogen-bond acceptors (Lipinski definition) is 3. The minimum Gasteiger partial charge on any atom is -0.338 e. The molecule has 0 atom stereocenters. The highest BCUT2D eigenvalue weighted by molar-refractivity contribution is 5.89. The number of anilines is 1. The van der Waals surface area contributed by atoms with E-state index in [0.717, 1.165) is 30.2 Å². The molecule has 1 aromatic carbocycles. The maximum absolute atomic E-state index is 13.4. The van der Waals surface area contributed by atoms with Crippen LogP contribution in [0.5, 0.6) is 0 Å². The summed E-state index contributed by atoms with van der Waals surface area (Å²) in [5.41, 5.74) is 2.13. The molecule has 7 heteroatoms. The molecule has 3 rings (SSSR count). The summed E-state index contributed by atoms with van der Waals surface area (Å²) in [6.07, 6.45) is 5.01. The molecule has 3 aromatic rings. The number of imidazole rings is 1. The van der Waals surface area contributed by atoms with E-state index in [1.807, 2.05) is 28.8 Å². The van der Waals surface area contributed by atoms with Gasteiger partial charge in [0.1, 0.15) is 0 Å². The van der Waals surface area contributed by atoms with Gasteiger partial charge in [-0.05, 0) is 24.6 Å². The minimum absolute atomic E-state index is 0.109. The van der Waals surface area contributed by atoms with Crippen LogP contribution in [0.2, 0.25) is 0 Å². The second kappa shape index (κ2) is 6.87. The van der Waals surface area contributed by atoms with Crippen molar-refractivity contribution in [3.8, 4) is 0 Å². The number of carbonyl (C=O) groups is 1. The number of aryl methyl sites for hydroxylation is 1. The monoisotopic (exact) mass is 313 g/mol. The lowest BCUT2D eigenvalue weighted by Gasteiger charge is -2.08. The molecule has 6 nitrogen and oxygen atoms in total. The third-order valence-electron chi connectivity index (χ3n) is 3.41. The van der Waals surface area contributed by atoms with Crippen molar-refractivity contribution in [2.75, 3.05) is 11.9 Å². The molecule has 118 valence electrons. The normalized spacial score (nSPS) is 10.7. The molecule has 0 saturated carbocycles. The lowest BCUT2D eigenvalue weighted by atomic mass is 10.3. The van der Waals surface area contributed by atoms with Gasteiger partial charge in [0.25, 0.3) is 0 Å². The molecule has 0 aliphatic rings. The highest BCUT2D eigenvalue weighted by Crippen LogP contribution is 2.12. The van der Waals surface area contributed by atoms with Crippen molar-refractivity contribution >= 4 is 22.8 Å². The molecule has 0 bridgehead atoms. The molecule has 0 aliphatic carbocycles. The minimum atomic E-state index is -0.562. The molecule has 0 aliphatic heterocycles. The maximum atomic E-state index is 13.4. The van der Waals surface area contributed by atoms with Crippen molar-refractivity contribution in [3.63, 3.8) is 0 Å². The molecule has 0 radical (unpaired) electrons. The van der Waals surface area contributed by atoms with Crippen LogP contribution in [0.15, 0.2) is 49.1 Å². The third kappa shape index (κ3) is 3.63. The van der Waals surface area contributed by atoms with Gasteiger partial charge in [0.2, 0.25) is 0 Å². The number of nitrogens with one attached hydrogen (secondary N) is 2. The van der Waals surface area contributed by atoms with Crippen molar-refractivity contribution < 1.29 is 9.18 Å². The summed E-state index contributed by atoms with van der Waals surface area (Å²) in [6.45, 7) is 1.22. The van der Waals surface area contributed by atoms with Crippen LogP contribution in [0.1, 0.15) is 6.42 Å². The average molecular weight is 313 g/mol. The zero-order valence-corrected chi connectivity index (χ0v) is 12.4. The summed E-state index contributed by atoms with van der Waals surface area (Å²) in [5.74, 6) is -0.562. The Labute approximate surface area is 132 Å². The first kappa shape index (κ1) is 15.0. The maximum Gasteiger partial charge on any atom is 0.319 e. The summed E-state index contributed by atoms with van der Waals surface area (Å²) >= 11 is 0. The van der Waals surface area contributed by atoms with Crippen LogP contribution in [0.25, 0.3) is 11.0 Å². The number of fused-ring (bicyclic) bond motifs is 1. The molecule has 23 heavy (non-hydrogen) atoms. The van der Waals surface area contributed by atoms with Gasteiger partial charge in [0, 0.05) is 19.3 Å². The molecule has 0 saturated heterocycles.